The Hall–Kier alpha value is -1.55. The summed E-state index contributed by atoms with van der Waals surface area (Å²) in [5.41, 5.74) is 1.43. The molecule has 18 heavy (non-hydrogen) atoms. The van der Waals surface area contributed by atoms with Gasteiger partial charge in [-0.05, 0) is 38.0 Å². The Morgan fingerprint density at radius 1 is 1.39 bits per heavy atom. The summed E-state index contributed by atoms with van der Waals surface area (Å²) >= 11 is 5.97. The lowest BCUT2D eigenvalue weighted by Gasteiger charge is -2.42. The topological polar surface area (TPSA) is 46.6 Å². The second kappa shape index (κ2) is 3.48. The van der Waals surface area contributed by atoms with E-state index in [1.54, 1.807) is 6.07 Å². The molecule has 0 spiro atoms. The number of carbonyl (C=O) groups excluding carboxylic acids is 2. The van der Waals surface area contributed by atoms with Gasteiger partial charge in [0.1, 0.15) is 0 Å². The average Bonchev–Trinajstić information content (AvgIpc) is 2.58. The lowest BCUT2D eigenvalue weighted by molar-refractivity contribution is -0.149. The van der Waals surface area contributed by atoms with Gasteiger partial charge in [-0.2, -0.15) is 0 Å². The van der Waals surface area contributed by atoms with Crippen LogP contribution in [0.5, 0.6) is 0 Å². The number of amides is 1. The molecule has 0 aromatic heterocycles. The van der Waals surface area contributed by atoms with E-state index in [1.807, 2.05) is 26.0 Å². The molecule has 0 N–H and O–H groups in total. The number of hydrogen-bond donors (Lipinski definition) is 0. The van der Waals surface area contributed by atoms with E-state index >= 15 is 0 Å². The van der Waals surface area contributed by atoms with Crippen molar-refractivity contribution in [2.45, 2.75) is 32.0 Å². The summed E-state index contributed by atoms with van der Waals surface area (Å²) in [6, 6.07) is 5.49. The second-order valence-electron chi connectivity index (χ2n) is 5.27. The highest BCUT2D eigenvalue weighted by Crippen LogP contribution is 2.43. The summed E-state index contributed by atoms with van der Waals surface area (Å²) in [7, 11) is 0. The first-order chi connectivity index (χ1) is 8.40. The normalized spacial score (nSPS) is 24.6. The molecule has 0 bridgehead atoms. The highest BCUT2D eigenvalue weighted by atomic mass is 35.5. The zero-order chi connectivity index (χ0) is 13.1. The molecule has 1 atom stereocenters. The third-order valence-electron chi connectivity index (χ3n) is 3.50. The highest BCUT2D eigenvalue weighted by Gasteiger charge is 2.51. The first kappa shape index (κ1) is 11.5. The van der Waals surface area contributed by atoms with E-state index in [9.17, 15) is 9.59 Å². The van der Waals surface area contributed by atoms with Crippen molar-refractivity contribution in [3.05, 3.63) is 34.3 Å². The van der Waals surface area contributed by atoms with Crippen LogP contribution in [0.15, 0.2) is 18.2 Å². The van der Waals surface area contributed by atoms with Gasteiger partial charge in [0.2, 0.25) is 6.23 Å². The standard InChI is InChI=1S/C13H12ClNO3/c1-13(2)6-7-3-4-8(14)5-9(7)11-15(13)10(16)12(17)18-11/h3-5,11H,6H2,1-2H3. The van der Waals surface area contributed by atoms with Crippen LogP contribution in [0, 0.1) is 0 Å². The molecule has 1 amide bonds. The molecule has 1 saturated heterocycles. The smallest absolute Gasteiger partial charge is 0.399 e. The molecule has 2 heterocycles. The van der Waals surface area contributed by atoms with Crippen molar-refractivity contribution in [3.8, 4) is 0 Å². The zero-order valence-electron chi connectivity index (χ0n) is 10.1. The SMILES string of the molecule is CC1(C)Cc2ccc(Cl)cc2C2OC(=O)C(=O)N21. The van der Waals surface area contributed by atoms with Gasteiger partial charge >= 0.3 is 11.9 Å². The molecule has 1 aromatic rings. The Labute approximate surface area is 109 Å². The van der Waals surface area contributed by atoms with Gasteiger partial charge in [-0.1, -0.05) is 17.7 Å². The minimum atomic E-state index is -0.791. The summed E-state index contributed by atoms with van der Waals surface area (Å²) in [6.07, 6.45) is 0.0423. The van der Waals surface area contributed by atoms with Gasteiger partial charge in [-0.3, -0.25) is 9.69 Å². The summed E-state index contributed by atoms with van der Waals surface area (Å²) in [6.45, 7) is 3.86. The fraction of sp³-hybridized carbons (Fsp3) is 0.385. The van der Waals surface area contributed by atoms with Crippen molar-refractivity contribution in [2.24, 2.45) is 0 Å². The van der Waals surface area contributed by atoms with Gasteiger partial charge < -0.3 is 4.74 Å². The van der Waals surface area contributed by atoms with Gasteiger partial charge in [0.15, 0.2) is 0 Å². The lowest BCUT2D eigenvalue weighted by Crippen LogP contribution is -2.51. The van der Waals surface area contributed by atoms with Gasteiger partial charge in [0.05, 0.1) is 0 Å². The monoisotopic (exact) mass is 265 g/mol. The molecule has 1 fully saturated rings. The van der Waals surface area contributed by atoms with E-state index in [1.165, 1.54) is 4.90 Å². The number of ether oxygens (including phenoxy) is 1. The van der Waals surface area contributed by atoms with Crippen LogP contribution in [0.25, 0.3) is 0 Å². The predicted molar refractivity (Wildman–Crippen MR) is 64.9 cm³/mol. The number of nitrogens with zero attached hydrogens (tertiary/aromatic N) is 1. The Morgan fingerprint density at radius 2 is 2.11 bits per heavy atom. The Morgan fingerprint density at radius 3 is 2.83 bits per heavy atom. The van der Waals surface area contributed by atoms with Crippen LogP contribution in [0.2, 0.25) is 5.02 Å². The number of fused-ring (bicyclic) bond motifs is 3. The minimum absolute atomic E-state index is 0.436. The van der Waals surface area contributed by atoms with Crippen LogP contribution in [-0.4, -0.2) is 22.3 Å². The van der Waals surface area contributed by atoms with Gasteiger partial charge in [0.25, 0.3) is 0 Å². The largest absolute Gasteiger partial charge is 0.430 e. The molecule has 94 valence electrons. The maximum absolute atomic E-state index is 11.9. The van der Waals surface area contributed by atoms with Crippen LogP contribution < -0.4 is 0 Å². The van der Waals surface area contributed by atoms with Crippen molar-refractivity contribution < 1.29 is 14.3 Å². The van der Waals surface area contributed by atoms with Crippen molar-refractivity contribution >= 4 is 23.5 Å². The maximum Gasteiger partial charge on any atom is 0.399 e. The number of carbonyl (C=O) groups is 2. The maximum atomic E-state index is 11.9. The Kier molecular flexibility index (Phi) is 2.23. The Balaban J connectivity index is 2.18. The fourth-order valence-electron chi connectivity index (χ4n) is 2.71. The van der Waals surface area contributed by atoms with Crippen molar-refractivity contribution in [1.82, 2.24) is 4.90 Å². The van der Waals surface area contributed by atoms with Crippen LogP contribution in [-0.2, 0) is 20.7 Å². The van der Waals surface area contributed by atoms with Gasteiger partial charge in [-0.15, -0.1) is 0 Å². The van der Waals surface area contributed by atoms with E-state index < -0.39 is 23.6 Å². The molecule has 5 heteroatoms. The fourth-order valence-corrected chi connectivity index (χ4v) is 2.89. The Bertz CT molecular complexity index is 567. The number of hydrogen-bond acceptors (Lipinski definition) is 3. The van der Waals surface area contributed by atoms with E-state index in [2.05, 4.69) is 0 Å². The van der Waals surface area contributed by atoms with Gasteiger partial charge in [-0.25, -0.2) is 4.79 Å². The summed E-state index contributed by atoms with van der Waals surface area (Å²) in [5.74, 6) is -1.36. The van der Waals surface area contributed by atoms with Crippen molar-refractivity contribution in [1.29, 1.82) is 0 Å². The molecule has 3 rings (SSSR count). The molecule has 2 aliphatic heterocycles. The molecule has 2 aliphatic rings. The third kappa shape index (κ3) is 1.45. The third-order valence-corrected chi connectivity index (χ3v) is 3.73. The molecule has 0 aliphatic carbocycles. The highest BCUT2D eigenvalue weighted by molar-refractivity contribution is 6.34. The number of rotatable bonds is 0. The van der Waals surface area contributed by atoms with Crippen LogP contribution >= 0.6 is 11.6 Å². The molecule has 0 saturated carbocycles. The van der Waals surface area contributed by atoms with Crippen LogP contribution in [0.4, 0.5) is 0 Å². The number of halogens is 1. The zero-order valence-corrected chi connectivity index (χ0v) is 10.8. The quantitative estimate of drug-likeness (QED) is 0.533. The average molecular weight is 266 g/mol. The number of benzene rings is 1. The first-order valence-electron chi connectivity index (χ1n) is 5.73. The van der Waals surface area contributed by atoms with Crippen LogP contribution in [0.1, 0.15) is 31.2 Å². The lowest BCUT2D eigenvalue weighted by atomic mass is 9.85. The molecule has 1 aromatic carbocycles. The van der Waals surface area contributed by atoms with Gasteiger partial charge in [0, 0.05) is 16.1 Å². The second-order valence-corrected chi connectivity index (χ2v) is 5.70. The van der Waals surface area contributed by atoms with Crippen molar-refractivity contribution in [3.63, 3.8) is 0 Å². The van der Waals surface area contributed by atoms with E-state index in [-0.39, 0.29) is 0 Å². The molecule has 4 nitrogen and oxygen atoms in total. The summed E-state index contributed by atoms with van der Waals surface area (Å²) in [5, 5.41) is 0.573. The van der Waals surface area contributed by atoms with Crippen LogP contribution in [0.3, 0.4) is 0 Å². The molecule has 1 unspecified atom stereocenters. The minimum Gasteiger partial charge on any atom is -0.430 e. The molecule has 0 radical (unpaired) electrons. The number of esters is 1. The molecular weight excluding hydrogens is 254 g/mol. The van der Waals surface area contributed by atoms with E-state index in [0.717, 1.165) is 11.1 Å². The van der Waals surface area contributed by atoms with E-state index in [4.69, 9.17) is 16.3 Å². The van der Waals surface area contributed by atoms with Crippen molar-refractivity contribution in [2.75, 3.05) is 0 Å². The summed E-state index contributed by atoms with van der Waals surface area (Å²) < 4.78 is 5.17. The summed E-state index contributed by atoms with van der Waals surface area (Å²) in [4.78, 5) is 24.9. The van der Waals surface area contributed by atoms with E-state index in [0.29, 0.717) is 11.4 Å². The first-order valence-corrected chi connectivity index (χ1v) is 6.10. The molecular formula is C13H12ClNO3. The predicted octanol–water partition coefficient (Wildman–Crippen LogP) is 2.06.